The zero-order valence-corrected chi connectivity index (χ0v) is 10.4. The van der Waals surface area contributed by atoms with Crippen LogP contribution >= 0.6 is 0 Å². The van der Waals surface area contributed by atoms with Gasteiger partial charge in [0.1, 0.15) is 6.10 Å². The number of nitrogens with two attached hydrogens (primary N) is 1. The average molecular weight is 228 g/mol. The van der Waals surface area contributed by atoms with E-state index >= 15 is 0 Å². The fraction of sp³-hybridized carbons (Fsp3) is 0.917. The number of ether oxygens (including phenoxy) is 1. The molecule has 0 aliphatic carbocycles. The molecular formula is C12H24N2O2. The first kappa shape index (κ1) is 13.5. The van der Waals surface area contributed by atoms with Crippen LogP contribution in [0.5, 0.6) is 0 Å². The highest BCUT2D eigenvalue weighted by molar-refractivity contribution is 5.81. The van der Waals surface area contributed by atoms with E-state index in [-0.39, 0.29) is 12.0 Å². The van der Waals surface area contributed by atoms with Gasteiger partial charge in [-0.2, -0.15) is 0 Å². The van der Waals surface area contributed by atoms with E-state index in [2.05, 4.69) is 6.92 Å². The lowest BCUT2D eigenvalue weighted by molar-refractivity contribution is -0.146. The van der Waals surface area contributed by atoms with Crippen molar-refractivity contribution in [2.24, 2.45) is 11.7 Å². The first-order chi connectivity index (χ1) is 7.69. The summed E-state index contributed by atoms with van der Waals surface area (Å²) in [6, 6.07) is 0. The highest BCUT2D eigenvalue weighted by atomic mass is 16.5. The molecule has 1 heterocycles. The molecule has 1 amide bonds. The Morgan fingerprint density at radius 1 is 1.56 bits per heavy atom. The maximum atomic E-state index is 12.1. The smallest absolute Gasteiger partial charge is 0.251 e. The van der Waals surface area contributed by atoms with E-state index in [4.69, 9.17) is 10.5 Å². The number of hydrogen-bond acceptors (Lipinski definition) is 3. The van der Waals surface area contributed by atoms with Gasteiger partial charge in [-0.25, -0.2) is 0 Å². The predicted octanol–water partition coefficient (Wildman–Crippen LogP) is 0.999. The largest absolute Gasteiger partial charge is 0.368 e. The van der Waals surface area contributed by atoms with Gasteiger partial charge < -0.3 is 15.4 Å². The Kier molecular flexibility index (Phi) is 5.77. The van der Waals surface area contributed by atoms with Crippen molar-refractivity contribution in [2.75, 3.05) is 26.2 Å². The fourth-order valence-corrected chi connectivity index (χ4v) is 1.96. The van der Waals surface area contributed by atoms with Gasteiger partial charge in [0.25, 0.3) is 5.91 Å². The summed E-state index contributed by atoms with van der Waals surface area (Å²) in [6.45, 7) is 6.89. The molecule has 1 rings (SSSR count). The van der Waals surface area contributed by atoms with Crippen molar-refractivity contribution in [3.63, 3.8) is 0 Å². The molecule has 2 N–H and O–H groups in total. The van der Waals surface area contributed by atoms with E-state index in [1.54, 1.807) is 0 Å². The summed E-state index contributed by atoms with van der Waals surface area (Å²) in [6.07, 6.45) is 2.83. The van der Waals surface area contributed by atoms with Crippen LogP contribution in [0.25, 0.3) is 0 Å². The molecule has 0 spiro atoms. The minimum absolute atomic E-state index is 0.141. The van der Waals surface area contributed by atoms with Gasteiger partial charge in [-0.15, -0.1) is 0 Å². The number of hydrogen-bond donors (Lipinski definition) is 1. The van der Waals surface area contributed by atoms with Crippen LogP contribution in [-0.4, -0.2) is 43.2 Å². The van der Waals surface area contributed by atoms with Crippen LogP contribution in [0.1, 0.15) is 33.1 Å². The van der Waals surface area contributed by atoms with E-state index in [0.29, 0.717) is 12.5 Å². The van der Waals surface area contributed by atoms with Crippen molar-refractivity contribution in [1.29, 1.82) is 0 Å². The Balaban J connectivity index is 2.47. The lowest BCUT2D eigenvalue weighted by atomic mass is 10.1. The predicted molar refractivity (Wildman–Crippen MR) is 64.1 cm³/mol. The molecule has 0 aromatic rings. The molecule has 0 radical (unpaired) electrons. The van der Waals surface area contributed by atoms with Crippen molar-refractivity contribution in [3.8, 4) is 0 Å². The molecule has 1 saturated heterocycles. The third-order valence-electron chi connectivity index (χ3n) is 3.08. The Morgan fingerprint density at radius 2 is 2.31 bits per heavy atom. The van der Waals surface area contributed by atoms with Crippen LogP contribution in [0, 0.1) is 5.92 Å². The van der Waals surface area contributed by atoms with Crippen molar-refractivity contribution < 1.29 is 9.53 Å². The summed E-state index contributed by atoms with van der Waals surface area (Å²) in [5, 5.41) is 0. The quantitative estimate of drug-likeness (QED) is 0.763. The van der Waals surface area contributed by atoms with E-state index in [0.717, 1.165) is 39.0 Å². The minimum atomic E-state index is -0.210. The summed E-state index contributed by atoms with van der Waals surface area (Å²) in [5.41, 5.74) is 5.58. The Hall–Kier alpha value is -0.610. The minimum Gasteiger partial charge on any atom is -0.368 e. The number of amides is 1. The lowest BCUT2D eigenvalue weighted by Gasteiger charge is -2.30. The van der Waals surface area contributed by atoms with Crippen molar-refractivity contribution in [3.05, 3.63) is 0 Å². The molecule has 94 valence electrons. The molecular weight excluding hydrogens is 204 g/mol. The van der Waals surface area contributed by atoms with Gasteiger partial charge in [0.15, 0.2) is 0 Å². The van der Waals surface area contributed by atoms with Gasteiger partial charge in [-0.05, 0) is 38.6 Å². The van der Waals surface area contributed by atoms with Gasteiger partial charge in [-0.3, -0.25) is 4.79 Å². The highest BCUT2D eigenvalue weighted by Crippen LogP contribution is 2.15. The van der Waals surface area contributed by atoms with E-state index < -0.39 is 0 Å². The van der Waals surface area contributed by atoms with Crippen molar-refractivity contribution >= 4 is 5.91 Å². The monoisotopic (exact) mass is 228 g/mol. The third-order valence-corrected chi connectivity index (χ3v) is 3.08. The van der Waals surface area contributed by atoms with Gasteiger partial charge in [0.2, 0.25) is 0 Å². The highest BCUT2D eigenvalue weighted by Gasteiger charge is 2.26. The molecule has 2 unspecified atom stereocenters. The summed E-state index contributed by atoms with van der Waals surface area (Å²) >= 11 is 0. The number of rotatable bonds is 5. The Morgan fingerprint density at radius 3 is 2.81 bits per heavy atom. The summed E-state index contributed by atoms with van der Waals surface area (Å²) in [7, 11) is 0. The molecule has 0 bridgehead atoms. The molecule has 4 heteroatoms. The number of likely N-dealkylation sites (N-methyl/N-ethyl adjacent to an activating group) is 1. The molecule has 1 aliphatic heterocycles. The van der Waals surface area contributed by atoms with Crippen LogP contribution in [0.2, 0.25) is 0 Å². The van der Waals surface area contributed by atoms with Gasteiger partial charge in [-0.1, -0.05) is 6.92 Å². The summed E-state index contributed by atoms with van der Waals surface area (Å²) in [5.74, 6) is 0.495. The molecule has 4 nitrogen and oxygen atoms in total. The first-order valence-electron chi connectivity index (χ1n) is 6.29. The van der Waals surface area contributed by atoms with E-state index in [1.807, 2.05) is 11.8 Å². The standard InChI is InChI=1S/C12H24N2O2/c1-3-14(9-10(2)8-13)12(15)11-6-4-5-7-16-11/h10-11H,3-9,13H2,1-2H3. The fourth-order valence-electron chi connectivity index (χ4n) is 1.96. The van der Waals surface area contributed by atoms with Gasteiger partial charge >= 0.3 is 0 Å². The maximum absolute atomic E-state index is 12.1. The SMILES string of the molecule is CCN(CC(C)CN)C(=O)C1CCCCO1. The summed E-state index contributed by atoms with van der Waals surface area (Å²) < 4.78 is 5.52. The summed E-state index contributed by atoms with van der Waals surface area (Å²) in [4.78, 5) is 14.0. The van der Waals surface area contributed by atoms with Crippen molar-refractivity contribution in [1.82, 2.24) is 4.90 Å². The van der Waals surface area contributed by atoms with Gasteiger partial charge in [0.05, 0.1) is 0 Å². The van der Waals surface area contributed by atoms with Crippen LogP contribution in [0.3, 0.4) is 0 Å². The second kappa shape index (κ2) is 6.86. The topological polar surface area (TPSA) is 55.6 Å². The molecule has 0 aromatic carbocycles. The molecule has 1 aliphatic rings. The van der Waals surface area contributed by atoms with Gasteiger partial charge in [0, 0.05) is 19.7 Å². The second-order valence-corrected chi connectivity index (χ2v) is 4.57. The normalized spacial score (nSPS) is 22.8. The number of carbonyl (C=O) groups excluding carboxylic acids is 1. The van der Waals surface area contributed by atoms with Crippen molar-refractivity contribution in [2.45, 2.75) is 39.2 Å². The third kappa shape index (κ3) is 3.76. The van der Waals surface area contributed by atoms with E-state index in [1.165, 1.54) is 0 Å². The number of nitrogens with zero attached hydrogens (tertiary/aromatic N) is 1. The zero-order chi connectivity index (χ0) is 12.0. The molecule has 0 saturated carbocycles. The number of carbonyl (C=O) groups is 1. The van der Waals surface area contributed by atoms with Crippen LogP contribution in [-0.2, 0) is 9.53 Å². The zero-order valence-electron chi connectivity index (χ0n) is 10.4. The maximum Gasteiger partial charge on any atom is 0.251 e. The Bertz CT molecular complexity index is 215. The first-order valence-corrected chi connectivity index (χ1v) is 6.29. The molecule has 16 heavy (non-hydrogen) atoms. The Labute approximate surface area is 98.1 Å². The van der Waals surface area contributed by atoms with Crippen LogP contribution < -0.4 is 5.73 Å². The molecule has 0 aromatic heterocycles. The molecule has 2 atom stereocenters. The van der Waals surface area contributed by atoms with E-state index in [9.17, 15) is 4.79 Å². The van der Waals surface area contributed by atoms with Crippen LogP contribution in [0.4, 0.5) is 0 Å². The molecule has 1 fully saturated rings. The van der Waals surface area contributed by atoms with Crippen LogP contribution in [0.15, 0.2) is 0 Å². The average Bonchev–Trinajstić information content (AvgIpc) is 2.35. The lowest BCUT2D eigenvalue weighted by Crippen LogP contribution is -2.44. The second-order valence-electron chi connectivity index (χ2n) is 4.57.